The van der Waals surface area contributed by atoms with E-state index in [0.29, 0.717) is 6.42 Å². The summed E-state index contributed by atoms with van der Waals surface area (Å²) in [6.07, 6.45) is 6.64. The van der Waals surface area contributed by atoms with Crippen LogP contribution >= 0.6 is 23.5 Å². The second-order valence-electron chi connectivity index (χ2n) is 5.33. The lowest BCUT2D eigenvalue weighted by Crippen LogP contribution is -2.26. The first-order valence-corrected chi connectivity index (χ1v) is 9.66. The van der Waals surface area contributed by atoms with E-state index in [1.807, 2.05) is 55.0 Å². The molecule has 0 aliphatic heterocycles. The number of hydrogen-bond acceptors (Lipinski definition) is 3. The number of hydrogen-bond donors (Lipinski definition) is 1. The molecule has 0 fully saturated rings. The molecule has 0 spiro atoms. The highest BCUT2D eigenvalue weighted by Gasteiger charge is 2.27. The van der Waals surface area contributed by atoms with Gasteiger partial charge in [0.1, 0.15) is 5.60 Å². The minimum Gasteiger partial charge on any atom is -0.381 e. The molecule has 0 saturated heterocycles. The van der Waals surface area contributed by atoms with Crippen LogP contribution in [0.25, 0.3) is 0 Å². The number of rotatable bonds is 6. The monoisotopic (exact) mass is 330 g/mol. The Hall–Kier alpha value is -1.16. The van der Waals surface area contributed by atoms with Crippen molar-refractivity contribution in [2.45, 2.75) is 18.9 Å². The molecule has 3 heteroatoms. The zero-order valence-electron chi connectivity index (χ0n) is 13.2. The second kappa shape index (κ2) is 7.91. The quantitative estimate of drug-likeness (QED) is 0.805. The van der Waals surface area contributed by atoms with Gasteiger partial charge in [0.25, 0.3) is 0 Å². The Morgan fingerprint density at radius 2 is 1.73 bits per heavy atom. The van der Waals surface area contributed by atoms with Gasteiger partial charge in [0.2, 0.25) is 0 Å². The molecule has 2 aromatic carbocycles. The van der Waals surface area contributed by atoms with Crippen LogP contribution in [0.4, 0.5) is 0 Å². The summed E-state index contributed by atoms with van der Waals surface area (Å²) in [6, 6.07) is 18.2. The Bertz CT molecular complexity index is 631. The van der Waals surface area contributed by atoms with E-state index in [1.54, 1.807) is 23.5 Å². The molecule has 0 aliphatic carbocycles. The fourth-order valence-electron chi connectivity index (χ4n) is 2.49. The predicted molar refractivity (Wildman–Crippen MR) is 100 cm³/mol. The maximum absolute atomic E-state index is 11.4. The normalized spacial score (nSPS) is 13.5. The molecule has 0 bridgehead atoms. The van der Waals surface area contributed by atoms with Crippen LogP contribution in [-0.4, -0.2) is 17.6 Å². The minimum atomic E-state index is -0.990. The van der Waals surface area contributed by atoms with E-state index in [1.165, 1.54) is 5.56 Å². The molecule has 116 valence electrons. The van der Waals surface area contributed by atoms with Crippen LogP contribution in [-0.2, 0) is 12.0 Å². The predicted octanol–water partition coefficient (Wildman–Crippen LogP) is 4.99. The third-order valence-corrected chi connectivity index (χ3v) is 5.63. The molecule has 22 heavy (non-hydrogen) atoms. The Morgan fingerprint density at radius 3 is 2.32 bits per heavy atom. The second-order valence-corrected chi connectivity index (χ2v) is 7.28. The minimum absolute atomic E-state index is 0.573. The van der Waals surface area contributed by atoms with Crippen molar-refractivity contribution in [1.82, 2.24) is 0 Å². The van der Waals surface area contributed by atoms with Crippen molar-refractivity contribution in [3.05, 3.63) is 81.6 Å². The fraction of sp³-hybridized carbons (Fsp3) is 0.263. The maximum atomic E-state index is 11.4. The number of thioether (sulfide) groups is 2. The van der Waals surface area contributed by atoms with Crippen molar-refractivity contribution < 1.29 is 5.11 Å². The summed E-state index contributed by atoms with van der Waals surface area (Å²) in [7, 11) is 0. The van der Waals surface area contributed by atoms with Crippen LogP contribution in [0.3, 0.4) is 0 Å². The lowest BCUT2D eigenvalue weighted by atomic mass is 9.87. The molecule has 0 aliphatic rings. The topological polar surface area (TPSA) is 20.2 Å². The first kappa shape index (κ1) is 17.2. The molecule has 0 amide bonds. The van der Waals surface area contributed by atoms with Gasteiger partial charge in [-0.05, 0) is 36.6 Å². The number of aryl methyl sites for hydroxylation is 1. The molecule has 1 unspecified atom stereocenters. The first-order valence-electron chi connectivity index (χ1n) is 7.21. The standard InChI is InChI=1S/C19H22OS2/c1-15-8-7-9-16(12-15)13-19(20,14-18(21-2)22-3)17-10-5-4-6-11-17/h4-12,14,20H,13H2,1-3H3. The SMILES string of the molecule is CSC(=CC(O)(Cc1cccc(C)c1)c1ccccc1)SC. The molecule has 0 aromatic heterocycles. The lowest BCUT2D eigenvalue weighted by molar-refractivity contribution is 0.0899. The smallest absolute Gasteiger partial charge is 0.114 e. The highest BCUT2D eigenvalue weighted by atomic mass is 32.2. The molecule has 0 heterocycles. The van der Waals surface area contributed by atoms with Gasteiger partial charge in [-0.25, -0.2) is 0 Å². The van der Waals surface area contributed by atoms with Crippen molar-refractivity contribution in [2.24, 2.45) is 0 Å². The Kier molecular flexibility index (Phi) is 6.18. The van der Waals surface area contributed by atoms with E-state index < -0.39 is 5.60 Å². The average Bonchev–Trinajstić information content (AvgIpc) is 2.53. The maximum Gasteiger partial charge on any atom is 0.114 e. The highest BCUT2D eigenvalue weighted by Crippen LogP contribution is 2.34. The molecule has 2 rings (SSSR count). The zero-order valence-corrected chi connectivity index (χ0v) is 14.9. The van der Waals surface area contributed by atoms with Crippen LogP contribution < -0.4 is 0 Å². The molecule has 0 saturated carbocycles. The number of benzene rings is 2. The Morgan fingerprint density at radius 1 is 1.05 bits per heavy atom. The van der Waals surface area contributed by atoms with E-state index in [0.717, 1.165) is 15.4 Å². The van der Waals surface area contributed by atoms with Gasteiger partial charge in [-0.15, -0.1) is 23.5 Å². The van der Waals surface area contributed by atoms with Crippen molar-refractivity contribution in [1.29, 1.82) is 0 Å². The highest BCUT2D eigenvalue weighted by molar-refractivity contribution is 8.21. The van der Waals surface area contributed by atoms with Crippen molar-refractivity contribution in [3.8, 4) is 0 Å². The summed E-state index contributed by atoms with van der Waals surface area (Å²) >= 11 is 3.34. The summed E-state index contributed by atoms with van der Waals surface area (Å²) in [5, 5.41) is 11.4. The molecule has 1 nitrogen and oxygen atoms in total. The van der Waals surface area contributed by atoms with Crippen molar-refractivity contribution in [3.63, 3.8) is 0 Å². The molecule has 1 atom stereocenters. The third-order valence-electron chi connectivity index (χ3n) is 3.59. The molecule has 1 N–H and O–H groups in total. The van der Waals surface area contributed by atoms with E-state index in [2.05, 4.69) is 25.1 Å². The van der Waals surface area contributed by atoms with Crippen LogP contribution in [0.1, 0.15) is 16.7 Å². The van der Waals surface area contributed by atoms with E-state index in [4.69, 9.17) is 0 Å². The molecular formula is C19H22OS2. The van der Waals surface area contributed by atoms with Gasteiger partial charge in [0, 0.05) is 10.7 Å². The van der Waals surface area contributed by atoms with Crippen LogP contribution in [0.2, 0.25) is 0 Å². The van der Waals surface area contributed by atoms with E-state index in [9.17, 15) is 5.11 Å². The fourth-order valence-corrected chi connectivity index (χ4v) is 3.78. The third kappa shape index (κ3) is 4.42. The van der Waals surface area contributed by atoms with Crippen LogP contribution in [0, 0.1) is 6.92 Å². The van der Waals surface area contributed by atoms with Crippen molar-refractivity contribution in [2.75, 3.05) is 12.5 Å². The van der Waals surface area contributed by atoms with Gasteiger partial charge >= 0.3 is 0 Å². The number of aliphatic hydroxyl groups is 1. The van der Waals surface area contributed by atoms with Gasteiger partial charge in [-0.2, -0.15) is 0 Å². The molecule has 0 radical (unpaired) electrons. The first-order chi connectivity index (χ1) is 10.6. The summed E-state index contributed by atoms with van der Waals surface area (Å²) in [5.74, 6) is 0. The summed E-state index contributed by atoms with van der Waals surface area (Å²) in [6.45, 7) is 2.08. The van der Waals surface area contributed by atoms with Crippen LogP contribution in [0.15, 0.2) is 64.9 Å². The Labute approximate surface area is 141 Å². The average molecular weight is 331 g/mol. The van der Waals surface area contributed by atoms with Gasteiger partial charge in [0.05, 0.1) is 0 Å². The molecule has 2 aromatic rings. The lowest BCUT2D eigenvalue weighted by Gasteiger charge is -2.27. The Balaban J connectivity index is 2.44. The van der Waals surface area contributed by atoms with Gasteiger partial charge in [-0.1, -0.05) is 60.2 Å². The van der Waals surface area contributed by atoms with Gasteiger partial charge in [0.15, 0.2) is 0 Å². The van der Waals surface area contributed by atoms with Crippen molar-refractivity contribution >= 4 is 23.5 Å². The summed E-state index contributed by atoms with van der Waals surface area (Å²) in [5.41, 5.74) is 2.30. The van der Waals surface area contributed by atoms with E-state index >= 15 is 0 Å². The summed E-state index contributed by atoms with van der Waals surface area (Å²) < 4.78 is 1.12. The zero-order chi connectivity index (χ0) is 16.0. The summed E-state index contributed by atoms with van der Waals surface area (Å²) in [4.78, 5) is 0. The van der Waals surface area contributed by atoms with Gasteiger partial charge < -0.3 is 5.11 Å². The van der Waals surface area contributed by atoms with E-state index in [-0.39, 0.29) is 0 Å². The van der Waals surface area contributed by atoms with Crippen LogP contribution in [0.5, 0.6) is 0 Å². The van der Waals surface area contributed by atoms with Gasteiger partial charge in [-0.3, -0.25) is 0 Å². The largest absolute Gasteiger partial charge is 0.381 e. The molecular weight excluding hydrogens is 308 g/mol.